The lowest BCUT2D eigenvalue weighted by molar-refractivity contribution is 0.613. The van der Waals surface area contributed by atoms with Crippen LogP contribution < -0.4 is 11.1 Å². The van der Waals surface area contributed by atoms with Crippen LogP contribution in [0.4, 0.5) is 5.82 Å². The zero-order valence-electron chi connectivity index (χ0n) is 9.56. The minimum absolute atomic E-state index is 0.287. The summed E-state index contributed by atoms with van der Waals surface area (Å²) in [5.41, 5.74) is 6.83. The molecule has 2 rings (SSSR count). The summed E-state index contributed by atoms with van der Waals surface area (Å²) in [6, 6.07) is 6.33. The number of fused-ring (bicyclic) bond motifs is 1. The molecule has 2 heterocycles. The van der Waals surface area contributed by atoms with Gasteiger partial charge in [-0.05, 0) is 25.0 Å². The molecule has 0 bridgehead atoms. The molecule has 0 saturated carbocycles. The van der Waals surface area contributed by atoms with Crippen LogP contribution in [0.1, 0.15) is 19.8 Å². The van der Waals surface area contributed by atoms with Gasteiger partial charge in [0.15, 0.2) is 0 Å². The smallest absolute Gasteiger partial charge is 0.138 e. The van der Waals surface area contributed by atoms with Crippen molar-refractivity contribution in [2.75, 3.05) is 11.9 Å². The minimum Gasteiger partial charge on any atom is -0.371 e. The molecular formula is C12H18N4. The first-order valence-electron chi connectivity index (χ1n) is 5.73. The summed E-state index contributed by atoms with van der Waals surface area (Å²) in [6.07, 6.45) is 5.77. The average Bonchev–Trinajstić information content (AvgIpc) is 2.77. The number of nitrogens with zero attached hydrogens (tertiary/aromatic N) is 2. The molecule has 0 fully saturated rings. The third-order valence-electron chi connectivity index (χ3n) is 2.77. The molecule has 1 atom stereocenters. The zero-order chi connectivity index (χ0) is 11.4. The second-order valence-electron chi connectivity index (χ2n) is 3.95. The molecule has 0 aliphatic rings. The van der Waals surface area contributed by atoms with E-state index >= 15 is 0 Å². The molecule has 4 heteroatoms. The Kier molecular flexibility index (Phi) is 3.41. The van der Waals surface area contributed by atoms with Crippen LogP contribution >= 0.6 is 0 Å². The quantitative estimate of drug-likeness (QED) is 0.805. The van der Waals surface area contributed by atoms with Gasteiger partial charge in [-0.25, -0.2) is 4.98 Å². The van der Waals surface area contributed by atoms with Gasteiger partial charge < -0.3 is 11.1 Å². The fourth-order valence-electron chi connectivity index (χ4n) is 1.68. The predicted molar refractivity (Wildman–Crippen MR) is 66.6 cm³/mol. The summed E-state index contributed by atoms with van der Waals surface area (Å²) >= 11 is 0. The van der Waals surface area contributed by atoms with Gasteiger partial charge in [0.25, 0.3) is 0 Å². The summed E-state index contributed by atoms with van der Waals surface area (Å²) < 4.78 is 2.04. The van der Waals surface area contributed by atoms with Gasteiger partial charge in [-0.15, -0.1) is 0 Å². The Balaban J connectivity index is 2.01. The number of nitrogens with two attached hydrogens (primary N) is 1. The SMILES string of the molecule is CCC(N)CCNc1cccc2nccn12. The highest BCUT2D eigenvalue weighted by Crippen LogP contribution is 2.10. The number of nitrogens with one attached hydrogen (secondary N) is 1. The topological polar surface area (TPSA) is 55.3 Å². The van der Waals surface area contributed by atoms with E-state index in [1.807, 2.05) is 28.8 Å². The van der Waals surface area contributed by atoms with Crippen LogP contribution in [-0.2, 0) is 0 Å². The van der Waals surface area contributed by atoms with Gasteiger partial charge in [0.05, 0.1) is 0 Å². The van der Waals surface area contributed by atoms with Crippen LogP contribution in [0.25, 0.3) is 5.65 Å². The maximum absolute atomic E-state index is 5.87. The van der Waals surface area contributed by atoms with Gasteiger partial charge in [-0.2, -0.15) is 0 Å². The van der Waals surface area contributed by atoms with Crippen LogP contribution in [0, 0.1) is 0 Å². The molecule has 0 aliphatic heterocycles. The monoisotopic (exact) mass is 218 g/mol. The second kappa shape index (κ2) is 4.99. The summed E-state index contributed by atoms with van der Waals surface area (Å²) in [5, 5.41) is 3.38. The summed E-state index contributed by atoms with van der Waals surface area (Å²) in [5.74, 6) is 1.07. The summed E-state index contributed by atoms with van der Waals surface area (Å²) in [7, 11) is 0. The highest BCUT2D eigenvalue weighted by molar-refractivity contribution is 5.49. The Labute approximate surface area is 95.5 Å². The largest absolute Gasteiger partial charge is 0.371 e. The van der Waals surface area contributed by atoms with E-state index in [2.05, 4.69) is 17.2 Å². The van der Waals surface area contributed by atoms with Gasteiger partial charge in [-0.3, -0.25) is 4.40 Å². The Bertz CT molecular complexity index is 449. The third-order valence-corrected chi connectivity index (χ3v) is 2.77. The lowest BCUT2D eigenvalue weighted by Gasteiger charge is -2.11. The molecule has 0 amide bonds. The summed E-state index contributed by atoms with van der Waals surface area (Å²) in [6.45, 7) is 3.01. The molecule has 0 spiro atoms. The number of imidazole rings is 1. The van der Waals surface area contributed by atoms with Crippen molar-refractivity contribution in [3.05, 3.63) is 30.6 Å². The van der Waals surface area contributed by atoms with Crippen molar-refractivity contribution >= 4 is 11.5 Å². The summed E-state index contributed by atoms with van der Waals surface area (Å²) in [4.78, 5) is 4.24. The molecule has 0 aliphatic carbocycles. The number of hydrogen-bond acceptors (Lipinski definition) is 3. The lowest BCUT2D eigenvalue weighted by atomic mass is 10.2. The van der Waals surface area contributed by atoms with Crippen LogP contribution in [-0.4, -0.2) is 22.0 Å². The first-order valence-corrected chi connectivity index (χ1v) is 5.73. The molecule has 4 nitrogen and oxygen atoms in total. The highest BCUT2D eigenvalue weighted by Gasteiger charge is 2.01. The molecule has 16 heavy (non-hydrogen) atoms. The Morgan fingerprint density at radius 3 is 3.19 bits per heavy atom. The molecule has 2 aromatic rings. The van der Waals surface area contributed by atoms with Crippen molar-refractivity contribution in [2.24, 2.45) is 5.73 Å². The van der Waals surface area contributed by atoms with Gasteiger partial charge in [0.1, 0.15) is 11.5 Å². The van der Waals surface area contributed by atoms with Crippen LogP contribution in [0.15, 0.2) is 30.6 Å². The third kappa shape index (κ3) is 2.33. The maximum Gasteiger partial charge on any atom is 0.138 e. The molecule has 2 aromatic heterocycles. The van der Waals surface area contributed by atoms with Gasteiger partial charge in [0, 0.05) is 25.0 Å². The van der Waals surface area contributed by atoms with Crippen molar-refractivity contribution in [1.29, 1.82) is 0 Å². The lowest BCUT2D eigenvalue weighted by Crippen LogP contribution is -2.22. The first kappa shape index (κ1) is 11.0. The van der Waals surface area contributed by atoms with Crippen LogP contribution in [0.3, 0.4) is 0 Å². The Hall–Kier alpha value is -1.55. The number of hydrogen-bond donors (Lipinski definition) is 2. The first-order chi connectivity index (χ1) is 7.81. The van der Waals surface area contributed by atoms with Crippen molar-refractivity contribution in [3.8, 4) is 0 Å². The molecule has 0 radical (unpaired) electrons. The molecular weight excluding hydrogens is 200 g/mol. The van der Waals surface area contributed by atoms with Gasteiger partial charge in [-0.1, -0.05) is 13.0 Å². The van der Waals surface area contributed by atoms with Crippen LogP contribution in [0.5, 0.6) is 0 Å². The fraction of sp³-hybridized carbons (Fsp3) is 0.417. The number of rotatable bonds is 5. The fourth-order valence-corrected chi connectivity index (χ4v) is 1.68. The molecule has 0 aromatic carbocycles. The Morgan fingerprint density at radius 2 is 2.38 bits per heavy atom. The van der Waals surface area contributed by atoms with Crippen molar-refractivity contribution in [1.82, 2.24) is 9.38 Å². The predicted octanol–water partition coefficient (Wildman–Crippen LogP) is 1.87. The number of anilines is 1. The van der Waals surface area contributed by atoms with E-state index in [0.29, 0.717) is 0 Å². The molecule has 3 N–H and O–H groups in total. The van der Waals surface area contributed by atoms with Gasteiger partial charge in [0.2, 0.25) is 0 Å². The molecule has 86 valence electrons. The zero-order valence-corrected chi connectivity index (χ0v) is 9.56. The van der Waals surface area contributed by atoms with Crippen molar-refractivity contribution in [3.63, 3.8) is 0 Å². The average molecular weight is 218 g/mol. The highest BCUT2D eigenvalue weighted by atomic mass is 15.1. The standard InChI is InChI=1S/C12H18N4/c1-2-10(13)6-7-14-11-4-3-5-12-15-8-9-16(11)12/h3-5,8-10,14H,2,6-7,13H2,1H3. The van der Waals surface area contributed by atoms with E-state index in [9.17, 15) is 0 Å². The number of aromatic nitrogens is 2. The van der Waals surface area contributed by atoms with E-state index in [-0.39, 0.29) is 6.04 Å². The van der Waals surface area contributed by atoms with Crippen LogP contribution in [0.2, 0.25) is 0 Å². The minimum atomic E-state index is 0.287. The van der Waals surface area contributed by atoms with Crippen molar-refractivity contribution in [2.45, 2.75) is 25.8 Å². The molecule has 0 saturated heterocycles. The molecule has 1 unspecified atom stereocenters. The Morgan fingerprint density at radius 1 is 1.50 bits per heavy atom. The van der Waals surface area contributed by atoms with E-state index < -0.39 is 0 Å². The van der Waals surface area contributed by atoms with E-state index in [4.69, 9.17) is 5.73 Å². The number of pyridine rings is 1. The van der Waals surface area contributed by atoms with Gasteiger partial charge >= 0.3 is 0 Å². The van der Waals surface area contributed by atoms with E-state index in [1.54, 1.807) is 6.20 Å². The van der Waals surface area contributed by atoms with E-state index in [0.717, 1.165) is 30.9 Å². The van der Waals surface area contributed by atoms with Crippen molar-refractivity contribution < 1.29 is 0 Å². The normalized spacial score (nSPS) is 12.9. The maximum atomic E-state index is 5.87. The van der Waals surface area contributed by atoms with E-state index in [1.165, 1.54) is 0 Å². The second-order valence-corrected chi connectivity index (χ2v) is 3.95.